The highest BCUT2D eigenvalue weighted by molar-refractivity contribution is 8.15. The van der Waals surface area contributed by atoms with Crippen molar-refractivity contribution in [3.8, 4) is 23.0 Å². The van der Waals surface area contributed by atoms with E-state index in [0.29, 0.717) is 49.3 Å². The van der Waals surface area contributed by atoms with Crippen molar-refractivity contribution in [1.82, 2.24) is 15.0 Å². The van der Waals surface area contributed by atoms with Crippen LogP contribution in [0.3, 0.4) is 0 Å². The number of carbonyl (C=O) groups excluding carboxylic acids is 2. The van der Waals surface area contributed by atoms with E-state index in [9.17, 15) is 18.4 Å². The number of thiophene rings is 1. The van der Waals surface area contributed by atoms with Gasteiger partial charge in [-0.3, -0.25) is 24.6 Å². The number of pyridine rings is 3. The number of nitrogens with two attached hydrogens (primary N) is 3. The molecule has 14 nitrogen and oxygen atoms in total. The molecule has 3 aliphatic heterocycles. The van der Waals surface area contributed by atoms with Crippen molar-refractivity contribution < 1.29 is 31.9 Å². The molecule has 0 bridgehead atoms. The highest BCUT2D eigenvalue weighted by Gasteiger charge is 2.56. The lowest BCUT2D eigenvalue weighted by Gasteiger charge is -2.53. The number of nitrogens with one attached hydrogen (secondary N) is 2. The Morgan fingerprint density at radius 3 is 1.82 bits per heavy atom. The molecule has 83 heavy (non-hydrogen) atoms. The number of amides is 2. The first kappa shape index (κ1) is 56.2. The number of aliphatic imine (C=N–C) groups is 3. The molecule has 4 aromatic heterocycles. The lowest BCUT2D eigenvalue weighted by atomic mass is 9.64. The summed E-state index contributed by atoms with van der Waals surface area (Å²) in [5.41, 5.74) is 20.1. The number of amidine groups is 3. The highest BCUT2D eigenvalue weighted by atomic mass is 32.2. The van der Waals surface area contributed by atoms with Crippen LogP contribution in [0.1, 0.15) is 170 Å². The van der Waals surface area contributed by atoms with Crippen molar-refractivity contribution in [2.24, 2.45) is 32.2 Å². The molecule has 6 aromatic rings. The standard InChI is InChI=1S/C62H61F4N11O3S3/c1-5-8-34-17-38(27-70-26-34)39-22-47(81-30-39)59(4)33-61(82-56(69)77-59)16-6-9-35(23-61)43-18-36(52(78)73-48-12-10-41(63)28-71-48)21-46(50(43)65)58(3)32-62(83-55(68)76-58)24-40(25-62)44-19-37(53(79)74-49-13-11-42(64)29-72-49)20-45(51(44)66)57(2)31-60(14-7-15-60)80-54(67)75-57/h10-13,17-22,26-30,35,40H,6-7,9,14-16,23-25,31-33H2,1-4H3,(H2,67,75)(H2,68,76)(H2,69,77)(H,71,73,78)(H,72,74,79). The first-order chi connectivity index (χ1) is 39.6. The van der Waals surface area contributed by atoms with E-state index in [4.69, 9.17) is 31.9 Å². The minimum absolute atomic E-state index is 0.0510. The van der Waals surface area contributed by atoms with Crippen molar-refractivity contribution in [2.45, 2.75) is 148 Å². The van der Waals surface area contributed by atoms with Crippen LogP contribution in [-0.2, 0) is 21.4 Å². The molecule has 3 saturated carbocycles. The molecular formula is C62H61F4N11O3S3. The summed E-state index contributed by atoms with van der Waals surface area (Å²) < 4.78 is 68.8. The molecule has 12 rings (SSSR count). The van der Waals surface area contributed by atoms with Gasteiger partial charge in [-0.2, -0.15) is 0 Å². The van der Waals surface area contributed by atoms with Gasteiger partial charge in [0.05, 0.1) is 29.0 Å². The minimum atomic E-state index is -1.33. The molecule has 428 valence electrons. The topological polar surface area (TPSA) is 221 Å². The number of rotatable bonds is 10. The lowest BCUT2D eigenvalue weighted by Crippen LogP contribution is -2.52. The highest BCUT2D eigenvalue weighted by Crippen LogP contribution is 2.62. The van der Waals surface area contributed by atoms with Crippen molar-refractivity contribution in [3.63, 3.8) is 0 Å². The Balaban J connectivity index is 0.871. The molecule has 5 atom stereocenters. The number of aromatic nitrogens is 3. The normalized spacial score (nSPS) is 27.9. The third-order valence-corrected chi connectivity index (χ3v) is 21.2. The third-order valence-electron chi connectivity index (χ3n) is 17.5. The van der Waals surface area contributed by atoms with E-state index in [2.05, 4.69) is 60.8 Å². The summed E-state index contributed by atoms with van der Waals surface area (Å²) in [6, 6.07) is 15.4. The summed E-state index contributed by atoms with van der Waals surface area (Å²) in [7, 11) is 0. The van der Waals surface area contributed by atoms with Gasteiger partial charge in [-0.15, -0.1) is 17.3 Å². The molecule has 21 heteroatoms. The maximum Gasteiger partial charge on any atom is 0.283 e. The second kappa shape index (κ2) is 21.1. The summed E-state index contributed by atoms with van der Waals surface area (Å²) >= 11 is 4.50. The van der Waals surface area contributed by atoms with Gasteiger partial charge in [-0.05, 0) is 186 Å². The average molecular weight is 1180 g/mol. The Kier molecular flexibility index (Phi) is 14.3. The van der Waals surface area contributed by atoms with Gasteiger partial charge >= 0.3 is 0 Å². The zero-order valence-electron chi connectivity index (χ0n) is 46.2. The van der Waals surface area contributed by atoms with Gasteiger partial charge < -0.3 is 32.6 Å². The third kappa shape index (κ3) is 10.9. The van der Waals surface area contributed by atoms with Crippen molar-refractivity contribution >= 4 is 74.7 Å². The second-order valence-corrected chi connectivity index (χ2v) is 27.7. The molecule has 0 radical (unpaired) electrons. The minimum Gasteiger partial charge on any atom is -0.459 e. The van der Waals surface area contributed by atoms with Crippen molar-refractivity contribution in [2.75, 3.05) is 10.6 Å². The van der Waals surface area contributed by atoms with Crippen LogP contribution in [0.4, 0.5) is 29.2 Å². The van der Waals surface area contributed by atoms with Crippen LogP contribution in [0, 0.1) is 35.1 Å². The van der Waals surface area contributed by atoms with Gasteiger partial charge in [0.1, 0.15) is 40.5 Å². The number of thioether (sulfide) groups is 2. The predicted molar refractivity (Wildman–Crippen MR) is 319 cm³/mol. The Labute approximate surface area is 490 Å². The van der Waals surface area contributed by atoms with E-state index in [0.717, 1.165) is 66.1 Å². The zero-order valence-corrected chi connectivity index (χ0v) is 48.6. The summed E-state index contributed by atoms with van der Waals surface area (Å²) in [5.74, 6) is 2.11. The molecule has 6 aliphatic rings. The van der Waals surface area contributed by atoms with E-state index < -0.39 is 72.7 Å². The van der Waals surface area contributed by atoms with Crippen molar-refractivity contribution in [3.05, 3.63) is 158 Å². The van der Waals surface area contributed by atoms with Gasteiger partial charge in [0.25, 0.3) is 17.8 Å². The van der Waals surface area contributed by atoms with E-state index in [1.54, 1.807) is 43.5 Å². The van der Waals surface area contributed by atoms with E-state index in [1.165, 1.54) is 59.9 Å². The lowest BCUT2D eigenvalue weighted by molar-refractivity contribution is -0.0584. The van der Waals surface area contributed by atoms with Crippen LogP contribution in [0.5, 0.6) is 0 Å². The predicted octanol–water partition coefficient (Wildman–Crippen LogP) is 12.7. The number of ether oxygens (including phenoxy) is 1. The van der Waals surface area contributed by atoms with Crippen LogP contribution in [0.15, 0.2) is 106 Å². The fourth-order valence-electron chi connectivity index (χ4n) is 13.8. The Morgan fingerprint density at radius 1 is 0.651 bits per heavy atom. The molecule has 5 unspecified atom stereocenters. The van der Waals surface area contributed by atoms with Crippen LogP contribution in [0.2, 0.25) is 0 Å². The number of nitrogens with zero attached hydrogens (tertiary/aromatic N) is 6. The smallest absolute Gasteiger partial charge is 0.283 e. The number of carbonyl (C=O) groups is 2. The van der Waals surface area contributed by atoms with Gasteiger partial charge in [0.2, 0.25) is 0 Å². The van der Waals surface area contributed by atoms with Gasteiger partial charge in [-0.1, -0.05) is 35.9 Å². The second-order valence-electron chi connectivity index (χ2n) is 23.8. The number of anilines is 2. The van der Waals surface area contributed by atoms with E-state index in [-0.39, 0.29) is 63.0 Å². The summed E-state index contributed by atoms with van der Waals surface area (Å²) in [5, 5.41) is 8.27. The van der Waals surface area contributed by atoms with E-state index >= 15 is 8.78 Å². The molecule has 3 fully saturated rings. The zero-order chi connectivity index (χ0) is 58.3. The number of hydrogen-bond donors (Lipinski definition) is 5. The Hall–Kier alpha value is -7.28. The Morgan fingerprint density at radius 2 is 1.23 bits per heavy atom. The molecule has 7 heterocycles. The maximum absolute atomic E-state index is 18.3. The molecule has 2 amide bonds. The Bertz CT molecular complexity index is 3780. The fraction of sp³-hybridized carbons (Fsp3) is 0.387. The molecule has 3 spiro atoms. The maximum atomic E-state index is 18.3. The molecule has 2 aromatic carbocycles. The fourth-order valence-corrected chi connectivity index (χ4v) is 18.0. The van der Waals surface area contributed by atoms with Gasteiger partial charge in [0, 0.05) is 66.6 Å². The monoisotopic (exact) mass is 1180 g/mol. The van der Waals surface area contributed by atoms with Crippen LogP contribution >= 0.6 is 34.9 Å². The van der Waals surface area contributed by atoms with Crippen LogP contribution < -0.4 is 27.8 Å². The molecule has 3 aliphatic carbocycles. The largest absolute Gasteiger partial charge is 0.459 e. The molecular weight excluding hydrogens is 1120 g/mol. The number of hydrogen-bond acceptors (Lipinski definition) is 15. The van der Waals surface area contributed by atoms with E-state index in [1.807, 2.05) is 19.2 Å². The van der Waals surface area contributed by atoms with Crippen LogP contribution in [0.25, 0.3) is 11.1 Å². The molecule has 8 N–H and O–H groups in total. The van der Waals surface area contributed by atoms with Gasteiger partial charge in [0.15, 0.2) is 10.3 Å². The number of benzene rings is 2. The molecule has 0 saturated heterocycles. The average Bonchev–Trinajstić information content (AvgIpc) is 2.77. The first-order valence-corrected chi connectivity index (χ1v) is 30.2. The van der Waals surface area contributed by atoms with Crippen molar-refractivity contribution in [1.29, 1.82) is 0 Å². The summed E-state index contributed by atoms with van der Waals surface area (Å²) in [6.45, 7) is 7.51. The van der Waals surface area contributed by atoms with Crippen LogP contribution in [-0.4, -0.2) is 58.2 Å². The number of halogens is 4. The quantitative estimate of drug-likeness (QED) is 0.0641. The van der Waals surface area contributed by atoms with Gasteiger partial charge in [-0.25, -0.2) is 32.5 Å². The summed E-state index contributed by atoms with van der Waals surface area (Å²) in [4.78, 5) is 56.9. The SMILES string of the molecule is CC#Cc1cncc(-c2csc(C3(C)CC4(CCCC(c5cc(C(=O)Nc6ccc(F)cn6)cc(C6(C)CC7(CC(c8cc(C(=O)Nc9ccc(F)cn9)cc(C9(C)CC%10(CCC%10)OC(N)=N9)c8F)C7)SC(N)=N6)c5F)C4)SC(N)=N3)c2)c1. The first-order valence-electron chi connectivity index (χ1n) is 27.7. The summed E-state index contributed by atoms with van der Waals surface area (Å²) in [6.07, 6.45) is 12.6.